The first-order valence-electron chi connectivity index (χ1n) is 7.89. The molecule has 0 fully saturated rings. The Hall–Kier alpha value is -3.53. The van der Waals surface area contributed by atoms with E-state index < -0.39 is 0 Å². The number of benzene rings is 3. The highest BCUT2D eigenvalue weighted by Gasteiger charge is 2.08. The molecule has 0 aliphatic carbocycles. The van der Waals surface area contributed by atoms with Gasteiger partial charge in [0.05, 0.1) is 17.5 Å². The highest BCUT2D eigenvalue weighted by atomic mass is 16.2. The van der Waals surface area contributed by atoms with Crippen LogP contribution in [0.1, 0.15) is 21.5 Å². The van der Waals surface area contributed by atoms with E-state index >= 15 is 0 Å². The molecule has 122 valence electrons. The van der Waals surface area contributed by atoms with Crippen LogP contribution >= 0.6 is 0 Å². The third kappa shape index (κ3) is 4.72. The number of amides is 1. The maximum absolute atomic E-state index is 12.4. The second-order valence-electron chi connectivity index (χ2n) is 5.30. The van der Waals surface area contributed by atoms with Crippen molar-refractivity contribution in [2.75, 3.05) is 0 Å². The van der Waals surface area contributed by atoms with Gasteiger partial charge in [-0.25, -0.2) is 5.43 Å². The second kappa shape index (κ2) is 8.36. The first-order valence-corrected chi connectivity index (χ1v) is 7.89. The summed E-state index contributed by atoms with van der Waals surface area (Å²) < 4.78 is 0. The van der Waals surface area contributed by atoms with Gasteiger partial charge >= 0.3 is 0 Å². The average Bonchev–Trinajstić information content (AvgIpc) is 2.68. The van der Waals surface area contributed by atoms with Crippen LogP contribution in [-0.2, 0) is 0 Å². The third-order valence-corrected chi connectivity index (χ3v) is 3.48. The average molecular weight is 327 g/mol. The number of rotatable bonds is 5. The predicted octanol–water partition coefficient (Wildman–Crippen LogP) is 4.20. The molecule has 0 aliphatic rings. The zero-order valence-corrected chi connectivity index (χ0v) is 13.5. The quantitative estimate of drug-likeness (QED) is 0.554. The van der Waals surface area contributed by atoms with E-state index in [0.717, 1.165) is 11.1 Å². The number of nitrogens with zero attached hydrogens (tertiary/aromatic N) is 2. The fraction of sp³-hybridized carbons (Fsp3) is 0. The SMILES string of the molecule is O=C(N/N=C/c1ccccc1)c1ccccc1N=Cc1ccccc1. The summed E-state index contributed by atoms with van der Waals surface area (Å²) in [4.78, 5) is 16.8. The molecule has 1 N–H and O–H groups in total. The lowest BCUT2D eigenvalue weighted by Crippen LogP contribution is -2.17. The summed E-state index contributed by atoms with van der Waals surface area (Å²) in [5, 5.41) is 4.00. The molecular weight excluding hydrogens is 310 g/mol. The Kier molecular flexibility index (Phi) is 5.46. The number of hydrogen-bond donors (Lipinski definition) is 1. The van der Waals surface area contributed by atoms with Crippen molar-refractivity contribution in [1.29, 1.82) is 0 Å². The molecule has 3 rings (SSSR count). The van der Waals surface area contributed by atoms with Gasteiger partial charge in [-0.15, -0.1) is 0 Å². The Morgan fingerprint density at radius 1 is 0.720 bits per heavy atom. The molecule has 25 heavy (non-hydrogen) atoms. The summed E-state index contributed by atoms with van der Waals surface area (Å²) >= 11 is 0. The Morgan fingerprint density at radius 2 is 1.28 bits per heavy atom. The molecule has 0 radical (unpaired) electrons. The van der Waals surface area contributed by atoms with Gasteiger partial charge in [0.25, 0.3) is 5.91 Å². The Bertz CT molecular complexity index is 887. The monoisotopic (exact) mass is 327 g/mol. The molecule has 0 atom stereocenters. The van der Waals surface area contributed by atoms with Crippen LogP contribution in [0.25, 0.3) is 0 Å². The van der Waals surface area contributed by atoms with E-state index in [0.29, 0.717) is 11.3 Å². The molecule has 3 aromatic carbocycles. The van der Waals surface area contributed by atoms with Crippen LogP contribution in [0.2, 0.25) is 0 Å². The molecule has 0 bridgehead atoms. The molecule has 1 amide bonds. The second-order valence-corrected chi connectivity index (χ2v) is 5.30. The minimum absolute atomic E-state index is 0.298. The minimum atomic E-state index is -0.298. The van der Waals surface area contributed by atoms with Gasteiger partial charge in [0.15, 0.2) is 0 Å². The zero-order chi connectivity index (χ0) is 17.3. The number of hydrogen-bond acceptors (Lipinski definition) is 3. The van der Waals surface area contributed by atoms with Gasteiger partial charge in [0, 0.05) is 6.21 Å². The lowest BCUT2D eigenvalue weighted by atomic mass is 10.1. The highest BCUT2D eigenvalue weighted by molar-refractivity contribution is 6.00. The first kappa shape index (κ1) is 16.3. The van der Waals surface area contributed by atoms with Crippen molar-refractivity contribution >= 4 is 24.0 Å². The van der Waals surface area contributed by atoms with E-state index in [1.54, 1.807) is 30.6 Å². The summed E-state index contributed by atoms with van der Waals surface area (Å²) in [6, 6.07) is 26.5. The van der Waals surface area contributed by atoms with Crippen molar-refractivity contribution in [1.82, 2.24) is 5.43 Å². The summed E-state index contributed by atoms with van der Waals surface area (Å²) in [6.07, 6.45) is 3.34. The van der Waals surface area contributed by atoms with Gasteiger partial charge in [0.2, 0.25) is 0 Å². The number of para-hydroxylation sites is 1. The molecule has 0 saturated heterocycles. The van der Waals surface area contributed by atoms with Crippen molar-refractivity contribution in [3.63, 3.8) is 0 Å². The van der Waals surface area contributed by atoms with Crippen molar-refractivity contribution in [2.24, 2.45) is 10.1 Å². The van der Waals surface area contributed by atoms with Crippen LogP contribution in [0.3, 0.4) is 0 Å². The summed E-state index contributed by atoms with van der Waals surface area (Å²) in [5.41, 5.74) is 5.50. The van der Waals surface area contributed by atoms with Crippen molar-refractivity contribution in [2.45, 2.75) is 0 Å². The normalized spacial score (nSPS) is 11.0. The molecule has 3 aromatic rings. The highest BCUT2D eigenvalue weighted by Crippen LogP contribution is 2.18. The summed E-state index contributed by atoms with van der Waals surface area (Å²) in [7, 11) is 0. The summed E-state index contributed by atoms with van der Waals surface area (Å²) in [5.74, 6) is -0.298. The fourth-order valence-corrected chi connectivity index (χ4v) is 2.23. The van der Waals surface area contributed by atoms with E-state index in [1.165, 1.54) is 0 Å². The van der Waals surface area contributed by atoms with Gasteiger partial charge in [-0.2, -0.15) is 5.10 Å². The first-order chi connectivity index (χ1) is 12.3. The maximum atomic E-state index is 12.4. The van der Waals surface area contributed by atoms with Crippen LogP contribution < -0.4 is 5.43 Å². The molecular formula is C21H17N3O. The molecule has 0 heterocycles. The van der Waals surface area contributed by atoms with E-state index in [2.05, 4.69) is 15.5 Å². The number of hydrazone groups is 1. The molecule has 0 aliphatic heterocycles. The van der Waals surface area contributed by atoms with Crippen LogP contribution in [0.15, 0.2) is 95.0 Å². The standard InChI is InChI=1S/C21H17N3O/c25-21(24-23-16-18-11-5-2-6-12-18)19-13-7-8-14-20(19)22-15-17-9-3-1-4-10-17/h1-16H,(H,24,25)/b22-15?,23-16+. The Labute approximate surface area is 146 Å². The maximum Gasteiger partial charge on any atom is 0.273 e. The fourth-order valence-electron chi connectivity index (χ4n) is 2.23. The number of aliphatic imine (C=N–C) groups is 1. The van der Waals surface area contributed by atoms with Crippen LogP contribution in [0.5, 0.6) is 0 Å². The lowest BCUT2D eigenvalue weighted by molar-refractivity contribution is 0.0956. The van der Waals surface area contributed by atoms with Crippen LogP contribution in [0, 0.1) is 0 Å². The largest absolute Gasteiger partial charge is 0.273 e. The molecule has 0 saturated carbocycles. The Balaban J connectivity index is 1.72. The van der Waals surface area contributed by atoms with Gasteiger partial charge in [-0.3, -0.25) is 9.79 Å². The predicted molar refractivity (Wildman–Crippen MR) is 102 cm³/mol. The van der Waals surface area contributed by atoms with Crippen LogP contribution in [-0.4, -0.2) is 18.3 Å². The zero-order valence-electron chi connectivity index (χ0n) is 13.5. The van der Waals surface area contributed by atoms with E-state index in [9.17, 15) is 4.79 Å². The number of nitrogens with one attached hydrogen (secondary N) is 1. The van der Waals surface area contributed by atoms with Crippen molar-refractivity contribution < 1.29 is 4.79 Å². The van der Waals surface area contributed by atoms with Crippen molar-refractivity contribution in [3.8, 4) is 0 Å². The smallest absolute Gasteiger partial charge is 0.267 e. The van der Waals surface area contributed by atoms with E-state index in [1.807, 2.05) is 66.7 Å². The Morgan fingerprint density at radius 3 is 1.96 bits per heavy atom. The van der Waals surface area contributed by atoms with Crippen molar-refractivity contribution in [3.05, 3.63) is 102 Å². The minimum Gasteiger partial charge on any atom is -0.267 e. The van der Waals surface area contributed by atoms with Gasteiger partial charge in [-0.05, 0) is 23.3 Å². The molecule has 4 nitrogen and oxygen atoms in total. The van der Waals surface area contributed by atoms with Gasteiger partial charge in [0.1, 0.15) is 0 Å². The third-order valence-electron chi connectivity index (χ3n) is 3.48. The number of carbonyl (C=O) groups is 1. The molecule has 0 unspecified atom stereocenters. The molecule has 0 spiro atoms. The van der Waals surface area contributed by atoms with Gasteiger partial charge in [-0.1, -0.05) is 72.8 Å². The number of carbonyl (C=O) groups excluding carboxylic acids is 1. The van der Waals surface area contributed by atoms with E-state index in [-0.39, 0.29) is 5.91 Å². The van der Waals surface area contributed by atoms with Gasteiger partial charge < -0.3 is 0 Å². The summed E-state index contributed by atoms with van der Waals surface area (Å²) in [6.45, 7) is 0. The van der Waals surface area contributed by atoms with Crippen LogP contribution in [0.4, 0.5) is 5.69 Å². The topological polar surface area (TPSA) is 53.8 Å². The lowest BCUT2D eigenvalue weighted by Gasteiger charge is -2.03. The molecule has 0 aromatic heterocycles. The van der Waals surface area contributed by atoms with E-state index in [4.69, 9.17) is 0 Å². The molecule has 4 heteroatoms.